The van der Waals surface area contributed by atoms with Crippen molar-refractivity contribution < 1.29 is 24.5 Å². The van der Waals surface area contributed by atoms with Gasteiger partial charge in [-0.1, -0.05) is 51.1 Å². The van der Waals surface area contributed by atoms with Crippen LogP contribution in [-0.4, -0.2) is 55.2 Å². The van der Waals surface area contributed by atoms with E-state index in [2.05, 4.69) is 33.9 Å². The molecule has 148 valence electrons. The number of ether oxygens (including phenoxy) is 1. The maximum atomic E-state index is 10.6. The zero-order valence-electron chi connectivity index (χ0n) is 16.6. The van der Waals surface area contributed by atoms with Crippen molar-refractivity contribution in [2.24, 2.45) is 5.41 Å². The van der Waals surface area contributed by atoms with E-state index in [0.29, 0.717) is 13.0 Å². The van der Waals surface area contributed by atoms with Crippen LogP contribution in [0.3, 0.4) is 0 Å². The molecule has 0 heterocycles. The molecular weight excluding hydrogens is 348 g/mol. The lowest BCUT2D eigenvalue weighted by Crippen LogP contribution is -2.47. The van der Waals surface area contributed by atoms with Gasteiger partial charge in [0.15, 0.2) is 8.32 Å². The molecule has 4 atom stereocenters. The Balaban J connectivity index is 2.04. The molecule has 0 radical (unpaired) electrons. The Bertz CT molecular complexity index is 571. The molecule has 1 aliphatic carbocycles. The first-order chi connectivity index (χ1) is 12.0. The van der Waals surface area contributed by atoms with E-state index in [1.54, 1.807) is 0 Å². The van der Waals surface area contributed by atoms with E-state index in [4.69, 9.17) is 9.16 Å². The second-order valence-electron chi connectivity index (χ2n) is 9.06. The van der Waals surface area contributed by atoms with Crippen molar-refractivity contribution in [2.75, 3.05) is 13.2 Å². The fourth-order valence-electron chi connectivity index (χ4n) is 3.17. The summed E-state index contributed by atoms with van der Waals surface area (Å²) in [5, 5.41) is 31.2. The van der Waals surface area contributed by atoms with E-state index in [1.165, 1.54) is 0 Å². The van der Waals surface area contributed by atoms with E-state index in [1.807, 2.05) is 30.3 Å². The quantitative estimate of drug-likeness (QED) is 0.632. The van der Waals surface area contributed by atoms with Crippen molar-refractivity contribution in [1.29, 1.82) is 0 Å². The molecule has 0 aliphatic heterocycles. The smallest absolute Gasteiger partial charge is 0.192 e. The highest BCUT2D eigenvalue weighted by atomic mass is 28.4. The molecule has 0 spiro atoms. The summed E-state index contributed by atoms with van der Waals surface area (Å²) in [4.78, 5) is 0. The summed E-state index contributed by atoms with van der Waals surface area (Å²) in [7, 11) is -2.09. The van der Waals surface area contributed by atoms with Crippen LogP contribution in [0.5, 0.6) is 0 Å². The predicted octanol–water partition coefficient (Wildman–Crippen LogP) is 2.70. The summed E-state index contributed by atoms with van der Waals surface area (Å²) in [5.41, 5.74) is 0.129. The molecule has 0 unspecified atom stereocenters. The Morgan fingerprint density at radius 2 is 1.77 bits per heavy atom. The van der Waals surface area contributed by atoms with Crippen LogP contribution < -0.4 is 0 Å². The maximum absolute atomic E-state index is 10.6. The van der Waals surface area contributed by atoms with E-state index in [9.17, 15) is 15.3 Å². The van der Waals surface area contributed by atoms with Gasteiger partial charge in [-0.05, 0) is 30.1 Å². The third-order valence-corrected chi connectivity index (χ3v) is 10.5. The average molecular weight is 383 g/mol. The van der Waals surface area contributed by atoms with Gasteiger partial charge in [-0.2, -0.15) is 0 Å². The summed E-state index contributed by atoms with van der Waals surface area (Å²) in [6.45, 7) is 11.0. The SMILES string of the molecule is CC(C)(C)[Si](C)(C)O[C@@H]1C[C@@](CO)(COCc2ccccc2)[C@@H](O)[C@H]1O. The molecule has 1 aliphatic rings. The standard InChI is InChI=1S/C20H34O5Si/c1-19(2,3)26(4,5)25-16-11-20(13-21,18(23)17(16)22)14-24-12-15-9-7-6-8-10-15/h6-10,16-18,21-23H,11-14H2,1-5H3/t16-,17+,18+,20-/m1/s1. The second kappa shape index (κ2) is 8.08. The van der Waals surface area contributed by atoms with Crippen LogP contribution in [0.25, 0.3) is 0 Å². The van der Waals surface area contributed by atoms with Crippen molar-refractivity contribution in [3.8, 4) is 0 Å². The third-order valence-electron chi connectivity index (χ3n) is 6.01. The Hall–Kier alpha value is -0.763. The topological polar surface area (TPSA) is 79.2 Å². The zero-order chi connectivity index (χ0) is 19.6. The Labute approximate surface area is 158 Å². The molecule has 0 bridgehead atoms. The molecule has 3 N–H and O–H groups in total. The van der Waals surface area contributed by atoms with Crippen molar-refractivity contribution in [1.82, 2.24) is 0 Å². The Morgan fingerprint density at radius 1 is 1.15 bits per heavy atom. The molecule has 2 rings (SSSR count). The summed E-state index contributed by atoms with van der Waals surface area (Å²) in [6.07, 6.45) is -2.19. The number of rotatable bonds is 7. The molecule has 26 heavy (non-hydrogen) atoms. The van der Waals surface area contributed by atoms with Gasteiger partial charge >= 0.3 is 0 Å². The molecule has 5 nitrogen and oxygen atoms in total. The van der Waals surface area contributed by atoms with Gasteiger partial charge in [0.2, 0.25) is 0 Å². The molecule has 1 aromatic rings. The highest BCUT2D eigenvalue weighted by Crippen LogP contribution is 2.44. The van der Waals surface area contributed by atoms with Crippen LogP contribution in [0.2, 0.25) is 18.1 Å². The fraction of sp³-hybridized carbons (Fsp3) is 0.700. The second-order valence-corrected chi connectivity index (χ2v) is 13.8. The van der Waals surface area contributed by atoms with Crippen LogP contribution >= 0.6 is 0 Å². The van der Waals surface area contributed by atoms with Crippen LogP contribution in [0.15, 0.2) is 30.3 Å². The lowest BCUT2D eigenvalue weighted by Gasteiger charge is -2.39. The minimum absolute atomic E-state index is 0.00590. The molecule has 1 fully saturated rings. The summed E-state index contributed by atoms with van der Waals surface area (Å²) in [6, 6.07) is 9.76. The Morgan fingerprint density at radius 3 is 2.31 bits per heavy atom. The van der Waals surface area contributed by atoms with Gasteiger partial charge in [-0.25, -0.2) is 0 Å². The normalized spacial score (nSPS) is 29.9. The van der Waals surface area contributed by atoms with Crippen molar-refractivity contribution >= 4 is 8.32 Å². The largest absolute Gasteiger partial charge is 0.411 e. The van der Waals surface area contributed by atoms with E-state index >= 15 is 0 Å². The first kappa shape index (κ1) is 21.5. The van der Waals surface area contributed by atoms with Crippen molar-refractivity contribution in [2.45, 2.75) is 70.2 Å². The molecule has 1 aromatic carbocycles. The first-order valence-corrected chi connectivity index (χ1v) is 12.2. The van der Waals surface area contributed by atoms with Crippen molar-refractivity contribution in [3.63, 3.8) is 0 Å². The van der Waals surface area contributed by atoms with Crippen LogP contribution in [-0.2, 0) is 15.8 Å². The minimum Gasteiger partial charge on any atom is -0.411 e. The molecular formula is C20H34O5Si. The van der Waals surface area contributed by atoms with Gasteiger partial charge < -0.3 is 24.5 Å². The number of aliphatic hydroxyl groups excluding tert-OH is 3. The summed E-state index contributed by atoms with van der Waals surface area (Å²) >= 11 is 0. The molecule has 6 heteroatoms. The highest BCUT2D eigenvalue weighted by molar-refractivity contribution is 6.74. The summed E-state index contributed by atoms with van der Waals surface area (Å²) < 4.78 is 12.1. The van der Waals surface area contributed by atoms with Gasteiger partial charge in [-0.3, -0.25) is 0 Å². The van der Waals surface area contributed by atoms with E-state index in [-0.39, 0.29) is 18.3 Å². The monoisotopic (exact) mass is 382 g/mol. The highest BCUT2D eigenvalue weighted by Gasteiger charge is 2.55. The zero-order valence-corrected chi connectivity index (χ0v) is 17.6. The number of aliphatic hydroxyl groups is 3. The molecule has 1 saturated carbocycles. The van der Waals surface area contributed by atoms with E-state index < -0.39 is 32.0 Å². The number of hydrogen-bond acceptors (Lipinski definition) is 5. The lowest BCUT2D eigenvalue weighted by molar-refractivity contribution is -0.0904. The van der Waals surface area contributed by atoms with Crippen LogP contribution in [0, 0.1) is 5.41 Å². The molecule has 0 amide bonds. The maximum Gasteiger partial charge on any atom is 0.192 e. The van der Waals surface area contributed by atoms with Gasteiger partial charge in [-0.15, -0.1) is 0 Å². The third kappa shape index (κ3) is 4.55. The average Bonchev–Trinajstić information content (AvgIpc) is 2.80. The molecule has 0 aromatic heterocycles. The Kier molecular flexibility index (Phi) is 6.70. The summed E-state index contributed by atoms with van der Waals surface area (Å²) in [5.74, 6) is 0. The van der Waals surface area contributed by atoms with Gasteiger partial charge in [0.25, 0.3) is 0 Å². The minimum atomic E-state index is -2.09. The van der Waals surface area contributed by atoms with Crippen LogP contribution in [0.4, 0.5) is 0 Å². The van der Waals surface area contributed by atoms with Crippen molar-refractivity contribution in [3.05, 3.63) is 35.9 Å². The first-order valence-electron chi connectivity index (χ1n) is 9.29. The van der Waals surface area contributed by atoms with Gasteiger partial charge in [0.05, 0.1) is 32.0 Å². The van der Waals surface area contributed by atoms with Gasteiger partial charge in [0.1, 0.15) is 6.10 Å². The number of benzene rings is 1. The number of hydrogen-bond donors (Lipinski definition) is 3. The lowest BCUT2D eigenvalue weighted by atomic mass is 9.85. The predicted molar refractivity (Wildman–Crippen MR) is 104 cm³/mol. The van der Waals surface area contributed by atoms with Gasteiger partial charge in [0, 0.05) is 5.41 Å². The van der Waals surface area contributed by atoms with E-state index in [0.717, 1.165) is 5.56 Å². The van der Waals surface area contributed by atoms with Crippen LogP contribution in [0.1, 0.15) is 32.8 Å². The molecule has 0 saturated heterocycles. The fourth-order valence-corrected chi connectivity index (χ4v) is 4.50.